The number of aromatic nitrogens is 2. The lowest BCUT2D eigenvalue weighted by atomic mass is 10.1. The van der Waals surface area contributed by atoms with E-state index in [1.54, 1.807) is 29.2 Å². The number of halogens is 1. The highest BCUT2D eigenvalue weighted by molar-refractivity contribution is 6.30. The van der Waals surface area contributed by atoms with Gasteiger partial charge in [-0.3, -0.25) is 19.5 Å². The summed E-state index contributed by atoms with van der Waals surface area (Å²) in [6.07, 6.45) is 3.61. The van der Waals surface area contributed by atoms with E-state index in [0.717, 1.165) is 35.2 Å². The highest BCUT2D eigenvalue weighted by atomic mass is 35.5. The Kier molecular flexibility index (Phi) is 8.10. The summed E-state index contributed by atoms with van der Waals surface area (Å²) in [5.74, 6) is -0.173. The van der Waals surface area contributed by atoms with Gasteiger partial charge in [-0.15, -0.1) is 0 Å². The van der Waals surface area contributed by atoms with E-state index in [0.29, 0.717) is 35.4 Å². The number of carbonyl (C=O) groups excluding carboxylic acids is 2. The maximum Gasteiger partial charge on any atom is 0.254 e. The SMILES string of the molecule is Cc1ccc(C(=O)N(CC(=O)Nc2nc(-c3ccc(Cl)cc3)cn2-c2ccc(C)cc2)C[C@@H]2CCCO2)cc1. The molecule has 5 rings (SSSR count). The second kappa shape index (κ2) is 11.8. The molecule has 39 heavy (non-hydrogen) atoms. The third kappa shape index (κ3) is 6.56. The van der Waals surface area contributed by atoms with Crippen LogP contribution in [0.3, 0.4) is 0 Å². The summed E-state index contributed by atoms with van der Waals surface area (Å²) in [7, 11) is 0. The zero-order chi connectivity index (χ0) is 27.4. The molecular weight excluding hydrogens is 512 g/mol. The second-order valence-corrected chi connectivity index (χ2v) is 10.3. The van der Waals surface area contributed by atoms with Gasteiger partial charge in [0.15, 0.2) is 0 Å². The van der Waals surface area contributed by atoms with E-state index in [9.17, 15) is 9.59 Å². The molecular formula is C31H31ClN4O3. The predicted octanol–water partition coefficient (Wildman–Crippen LogP) is 6.07. The van der Waals surface area contributed by atoms with Crippen molar-refractivity contribution >= 4 is 29.4 Å². The minimum atomic E-state index is -0.338. The first-order valence-corrected chi connectivity index (χ1v) is 13.4. The van der Waals surface area contributed by atoms with Crippen LogP contribution in [-0.4, -0.2) is 52.1 Å². The molecule has 0 bridgehead atoms. The molecule has 2 heterocycles. The first-order chi connectivity index (χ1) is 18.9. The van der Waals surface area contributed by atoms with Crippen molar-refractivity contribution in [2.45, 2.75) is 32.8 Å². The minimum Gasteiger partial charge on any atom is -0.376 e. The van der Waals surface area contributed by atoms with E-state index >= 15 is 0 Å². The van der Waals surface area contributed by atoms with Crippen molar-refractivity contribution in [3.8, 4) is 16.9 Å². The average molecular weight is 543 g/mol. The maximum absolute atomic E-state index is 13.4. The number of benzene rings is 3. The Labute approximate surface area is 233 Å². The fraction of sp³-hybridized carbons (Fsp3) is 0.258. The van der Waals surface area contributed by atoms with Crippen LogP contribution in [0.2, 0.25) is 5.02 Å². The molecule has 1 atom stereocenters. The summed E-state index contributed by atoms with van der Waals surface area (Å²) < 4.78 is 7.63. The van der Waals surface area contributed by atoms with Crippen LogP contribution in [0.25, 0.3) is 16.9 Å². The number of carbonyl (C=O) groups is 2. The number of rotatable bonds is 8. The molecule has 3 aromatic carbocycles. The lowest BCUT2D eigenvalue weighted by Crippen LogP contribution is -2.42. The number of nitrogens with zero attached hydrogens (tertiary/aromatic N) is 3. The summed E-state index contributed by atoms with van der Waals surface area (Å²) in [6, 6.07) is 22.7. The Morgan fingerprint density at radius 3 is 2.31 bits per heavy atom. The number of amides is 2. The van der Waals surface area contributed by atoms with Crippen LogP contribution in [0.4, 0.5) is 5.95 Å². The highest BCUT2D eigenvalue weighted by Crippen LogP contribution is 2.26. The Morgan fingerprint density at radius 1 is 1.00 bits per heavy atom. The van der Waals surface area contributed by atoms with Crippen LogP contribution < -0.4 is 5.32 Å². The van der Waals surface area contributed by atoms with Gasteiger partial charge in [0.2, 0.25) is 11.9 Å². The normalized spacial score (nSPS) is 14.8. The van der Waals surface area contributed by atoms with Crippen LogP contribution in [0.5, 0.6) is 0 Å². The number of aryl methyl sites for hydroxylation is 2. The molecule has 2 amide bonds. The first kappa shape index (κ1) is 26.7. The van der Waals surface area contributed by atoms with Gasteiger partial charge in [0.05, 0.1) is 11.8 Å². The van der Waals surface area contributed by atoms with Gasteiger partial charge in [0.1, 0.15) is 6.54 Å². The standard InChI is InChI=1S/C31H31ClN4O3/c1-21-5-9-24(10-6-21)30(38)35(18-27-4-3-17-39-27)20-29(37)34-31-33-28(23-11-13-25(32)14-12-23)19-36(31)26-15-7-22(2)8-16-26/h5-16,19,27H,3-4,17-18,20H2,1-2H3,(H,33,34,37)/t27-/m0/s1. The molecule has 0 aliphatic carbocycles. The van der Waals surface area contributed by atoms with E-state index in [2.05, 4.69) is 5.32 Å². The molecule has 4 aromatic rings. The number of hydrogen-bond acceptors (Lipinski definition) is 4. The average Bonchev–Trinajstić information content (AvgIpc) is 3.59. The smallest absolute Gasteiger partial charge is 0.254 e. The monoisotopic (exact) mass is 542 g/mol. The van der Waals surface area contributed by atoms with Gasteiger partial charge < -0.3 is 9.64 Å². The predicted molar refractivity (Wildman–Crippen MR) is 153 cm³/mol. The summed E-state index contributed by atoms with van der Waals surface area (Å²) in [4.78, 5) is 33.1. The third-order valence-electron chi connectivity index (χ3n) is 6.78. The number of anilines is 1. The van der Waals surface area contributed by atoms with E-state index < -0.39 is 0 Å². The highest BCUT2D eigenvalue weighted by Gasteiger charge is 2.26. The number of imidazole rings is 1. The van der Waals surface area contributed by atoms with Crippen molar-refractivity contribution in [3.05, 3.63) is 101 Å². The van der Waals surface area contributed by atoms with Crippen LogP contribution >= 0.6 is 11.6 Å². The lowest BCUT2D eigenvalue weighted by Gasteiger charge is -2.25. The van der Waals surface area contributed by atoms with Gasteiger partial charge in [-0.25, -0.2) is 4.98 Å². The largest absolute Gasteiger partial charge is 0.376 e. The summed E-state index contributed by atoms with van der Waals surface area (Å²) >= 11 is 6.08. The Morgan fingerprint density at radius 2 is 1.67 bits per heavy atom. The van der Waals surface area contributed by atoms with E-state index in [1.165, 1.54) is 0 Å². The number of hydrogen-bond donors (Lipinski definition) is 1. The number of ether oxygens (including phenoxy) is 1. The number of nitrogens with one attached hydrogen (secondary N) is 1. The summed E-state index contributed by atoms with van der Waals surface area (Å²) in [6.45, 7) is 4.89. The van der Waals surface area contributed by atoms with Crippen molar-refractivity contribution in [1.29, 1.82) is 0 Å². The van der Waals surface area contributed by atoms with Crippen LogP contribution in [0, 0.1) is 13.8 Å². The zero-order valence-corrected chi connectivity index (χ0v) is 22.8. The van der Waals surface area contributed by atoms with Gasteiger partial charge in [0.25, 0.3) is 5.91 Å². The summed E-state index contributed by atoms with van der Waals surface area (Å²) in [5, 5.41) is 3.58. The second-order valence-electron chi connectivity index (χ2n) is 9.90. The minimum absolute atomic E-state index is 0.0850. The van der Waals surface area contributed by atoms with E-state index in [4.69, 9.17) is 21.3 Å². The van der Waals surface area contributed by atoms with Crippen molar-refractivity contribution in [2.24, 2.45) is 0 Å². The Balaban J connectivity index is 1.41. The quantitative estimate of drug-likeness (QED) is 0.293. The topological polar surface area (TPSA) is 76.5 Å². The van der Waals surface area contributed by atoms with Crippen molar-refractivity contribution in [2.75, 3.05) is 25.0 Å². The fourth-order valence-electron chi connectivity index (χ4n) is 4.60. The molecule has 200 valence electrons. The maximum atomic E-state index is 13.4. The molecule has 8 heteroatoms. The lowest BCUT2D eigenvalue weighted by molar-refractivity contribution is -0.117. The van der Waals surface area contributed by atoms with Crippen LogP contribution in [0.15, 0.2) is 79.0 Å². The molecule has 1 saturated heterocycles. The van der Waals surface area contributed by atoms with Gasteiger partial charge in [-0.2, -0.15) is 0 Å². The van der Waals surface area contributed by atoms with Gasteiger partial charge >= 0.3 is 0 Å². The molecule has 1 aromatic heterocycles. The molecule has 1 aliphatic heterocycles. The van der Waals surface area contributed by atoms with Crippen LogP contribution in [-0.2, 0) is 9.53 Å². The molecule has 0 radical (unpaired) electrons. The zero-order valence-electron chi connectivity index (χ0n) is 22.1. The molecule has 0 unspecified atom stereocenters. The van der Waals surface area contributed by atoms with Gasteiger partial charge in [-0.05, 0) is 63.1 Å². The molecule has 7 nitrogen and oxygen atoms in total. The summed E-state index contributed by atoms with van der Waals surface area (Å²) in [5.41, 5.74) is 5.15. The first-order valence-electron chi connectivity index (χ1n) is 13.1. The van der Waals surface area contributed by atoms with E-state index in [-0.39, 0.29) is 24.5 Å². The fourth-order valence-corrected chi connectivity index (χ4v) is 4.73. The molecule has 1 N–H and O–H groups in total. The van der Waals surface area contributed by atoms with Crippen LogP contribution in [0.1, 0.15) is 34.3 Å². The van der Waals surface area contributed by atoms with E-state index in [1.807, 2.05) is 73.1 Å². The van der Waals surface area contributed by atoms with Crippen molar-refractivity contribution in [3.63, 3.8) is 0 Å². The van der Waals surface area contributed by atoms with Gasteiger partial charge in [0, 0.05) is 41.2 Å². The Hall–Kier alpha value is -3.94. The Bertz CT molecular complexity index is 1440. The van der Waals surface area contributed by atoms with Crippen molar-refractivity contribution in [1.82, 2.24) is 14.5 Å². The molecule has 1 fully saturated rings. The van der Waals surface area contributed by atoms with Gasteiger partial charge in [-0.1, -0.05) is 59.1 Å². The molecule has 1 aliphatic rings. The third-order valence-corrected chi connectivity index (χ3v) is 7.03. The van der Waals surface area contributed by atoms with Crippen molar-refractivity contribution < 1.29 is 14.3 Å². The molecule has 0 spiro atoms. The molecule has 0 saturated carbocycles.